The first-order valence-corrected chi connectivity index (χ1v) is 7.16. The van der Waals surface area contributed by atoms with Gasteiger partial charge in [-0.2, -0.15) is 5.10 Å². The SMILES string of the molecule is CCn1cc(C(=O)OC[C@@H]2CC(=O)N(C3CC3)C2)cn1. The molecule has 1 aromatic rings. The molecule has 1 amide bonds. The van der Waals surface area contributed by atoms with Crippen LogP contribution in [-0.4, -0.2) is 45.8 Å². The molecule has 0 N–H and O–H groups in total. The van der Waals surface area contributed by atoms with Gasteiger partial charge in [0, 0.05) is 37.7 Å². The Morgan fingerprint density at radius 2 is 2.30 bits per heavy atom. The summed E-state index contributed by atoms with van der Waals surface area (Å²) in [5.74, 6) is -0.0253. The molecule has 3 rings (SSSR count). The van der Waals surface area contributed by atoms with Crippen LogP contribution < -0.4 is 0 Å². The van der Waals surface area contributed by atoms with Crippen LogP contribution in [0.5, 0.6) is 0 Å². The number of hydrogen-bond donors (Lipinski definition) is 0. The highest BCUT2D eigenvalue weighted by atomic mass is 16.5. The minimum atomic E-state index is -0.359. The predicted molar refractivity (Wildman–Crippen MR) is 71.0 cm³/mol. The fraction of sp³-hybridized carbons (Fsp3) is 0.643. The lowest BCUT2D eigenvalue weighted by molar-refractivity contribution is -0.128. The van der Waals surface area contributed by atoms with Crippen LogP contribution in [0.25, 0.3) is 0 Å². The first-order valence-electron chi connectivity index (χ1n) is 7.16. The topological polar surface area (TPSA) is 64.4 Å². The number of aromatic nitrogens is 2. The number of hydrogen-bond acceptors (Lipinski definition) is 4. The van der Waals surface area contributed by atoms with Gasteiger partial charge in [-0.05, 0) is 19.8 Å². The summed E-state index contributed by atoms with van der Waals surface area (Å²) in [5.41, 5.74) is 0.468. The maximum absolute atomic E-state index is 11.9. The van der Waals surface area contributed by atoms with Crippen LogP contribution in [0.4, 0.5) is 0 Å². The molecule has 0 aromatic carbocycles. The Morgan fingerprint density at radius 1 is 1.50 bits per heavy atom. The number of esters is 1. The molecule has 6 heteroatoms. The van der Waals surface area contributed by atoms with Gasteiger partial charge >= 0.3 is 5.97 Å². The van der Waals surface area contributed by atoms with Crippen molar-refractivity contribution in [1.82, 2.24) is 14.7 Å². The van der Waals surface area contributed by atoms with Crippen LogP contribution in [0.1, 0.15) is 36.5 Å². The smallest absolute Gasteiger partial charge is 0.341 e. The van der Waals surface area contributed by atoms with E-state index >= 15 is 0 Å². The highest BCUT2D eigenvalue weighted by molar-refractivity contribution is 5.88. The Balaban J connectivity index is 1.49. The minimum Gasteiger partial charge on any atom is -0.462 e. The first-order chi connectivity index (χ1) is 9.67. The molecule has 108 valence electrons. The maximum Gasteiger partial charge on any atom is 0.341 e. The van der Waals surface area contributed by atoms with Crippen molar-refractivity contribution >= 4 is 11.9 Å². The second-order valence-corrected chi connectivity index (χ2v) is 5.53. The molecule has 2 aliphatic rings. The van der Waals surface area contributed by atoms with Gasteiger partial charge in [-0.25, -0.2) is 4.79 Å². The standard InChI is InChI=1S/C14H19N3O3/c1-2-16-8-11(6-15-16)14(19)20-9-10-5-13(18)17(7-10)12-3-4-12/h6,8,10,12H,2-5,7,9H2,1H3/t10-/m1/s1. The Labute approximate surface area is 117 Å². The average molecular weight is 277 g/mol. The van der Waals surface area contributed by atoms with E-state index in [1.165, 1.54) is 6.20 Å². The molecule has 6 nitrogen and oxygen atoms in total. The van der Waals surface area contributed by atoms with E-state index in [0.29, 0.717) is 24.6 Å². The molecule has 1 atom stereocenters. The number of carbonyl (C=O) groups is 2. The van der Waals surface area contributed by atoms with Gasteiger partial charge < -0.3 is 9.64 Å². The lowest BCUT2D eigenvalue weighted by atomic mass is 10.1. The molecule has 0 unspecified atom stereocenters. The van der Waals surface area contributed by atoms with Gasteiger partial charge in [-0.15, -0.1) is 0 Å². The summed E-state index contributed by atoms with van der Waals surface area (Å²) in [5, 5.41) is 4.04. The van der Waals surface area contributed by atoms with Crippen LogP contribution in [0, 0.1) is 5.92 Å². The number of likely N-dealkylation sites (tertiary alicyclic amines) is 1. The van der Waals surface area contributed by atoms with Crippen LogP contribution >= 0.6 is 0 Å². The third-order valence-corrected chi connectivity index (χ3v) is 3.87. The van der Waals surface area contributed by atoms with E-state index in [-0.39, 0.29) is 17.8 Å². The Bertz CT molecular complexity index is 521. The lowest BCUT2D eigenvalue weighted by Crippen LogP contribution is -2.27. The van der Waals surface area contributed by atoms with Crippen molar-refractivity contribution in [3.05, 3.63) is 18.0 Å². The normalized spacial score (nSPS) is 22.4. The molecule has 20 heavy (non-hydrogen) atoms. The quantitative estimate of drug-likeness (QED) is 0.755. The average Bonchev–Trinajstić information content (AvgIpc) is 3.04. The van der Waals surface area contributed by atoms with Gasteiger partial charge in [-0.3, -0.25) is 9.48 Å². The van der Waals surface area contributed by atoms with E-state index in [9.17, 15) is 9.59 Å². The first kappa shape index (κ1) is 13.1. The number of nitrogens with zero attached hydrogens (tertiary/aromatic N) is 3. The maximum atomic E-state index is 11.9. The predicted octanol–water partition coefficient (Wildman–Crippen LogP) is 1.07. The highest BCUT2D eigenvalue weighted by Crippen LogP contribution is 2.32. The minimum absolute atomic E-state index is 0.133. The molecule has 0 spiro atoms. The number of aryl methyl sites for hydroxylation is 1. The van der Waals surface area contributed by atoms with Crippen molar-refractivity contribution in [1.29, 1.82) is 0 Å². The van der Waals surface area contributed by atoms with E-state index in [0.717, 1.165) is 25.9 Å². The number of rotatable bonds is 5. The molecule has 1 aliphatic carbocycles. The van der Waals surface area contributed by atoms with Crippen molar-refractivity contribution in [2.45, 2.75) is 38.8 Å². The molecule has 0 radical (unpaired) electrons. The zero-order chi connectivity index (χ0) is 14.1. The summed E-state index contributed by atoms with van der Waals surface area (Å²) in [6.45, 7) is 3.72. The number of amides is 1. The largest absolute Gasteiger partial charge is 0.462 e. The van der Waals surface area contributed by atoms with E-state index in [2.05, 4.69) is 5.10 Å². The second-order valence-electron chi connectivity index (χ2n) is 5.53. The number of ether oxygens (including phenoxy) is 1. The Morgan fingerprint density at radius 3 is 2.95 bits per heavy atom. The van der Waals surface area contributed by atoms with E-state index in [1.807, 2.05) is 11.8 Å². The molecular formula is C14H19N3O3. The summed E-state index contributed by atoms with van der Waals surface area (Å²) < 4.78 is 6.98. The Kier molecular flexibility index (Phi) is 3.46. The van der Waals surface area contributed by atoms with E-state index < -0.39 is 0 Å². The van der Waals surface area contributed by atoms with Gasteiger partial charge in [0.05, 0.1) is 18.4 Å². The zero-order valence-electron chi connectivity index (χ0n) is 11.6. The molecule has 1 saturated heterocycles. The molecule has 1 saturated carbocycles. The van der Waals surface area contributed by atoms with Gasteiger partial charge in [0.15, 0.2) is 0 Å². The van der Waals surface area contributed by atoms with Crippen molar-refractivity contribution in [2.24, 2.45) is 5.92 Å². The molecular weight excluding hydrogens is 258 g/mol. The third-order valence-electron chi connectivity index (χ3n) is 3.87. The Hall–Kier alpha value is -1.85. The van der Waals surface area contributed by atoms with Crippen molar-refractivity contribution in [3.63, 3.8) is 0 Å². The van der Waals surface area contributed by atoms with Crippen molar-refractivity contribution in [2.75, 3.05) is 13.2 Å². The van der Waals surface area contributed by atoms with Crippen LogP contribution in [0.3, 0.4) is 0 Å². The summed E-state index contributed by atoms with van der Waals surface area (Å²) in [4.78, 5) is 25.6. The summed E-state index contributed by atoms with van der Waals surface area (Å²) >= 11 is 0. The zero-order valence-corrected chi connectivity index (χ0v) is 11.6. The second kappa shape index (κ2) is 5.26. The van der Waals surface area contributed by atoms with Crippen LogP contribution in [-0.2, 0) is 16.1 Å². The number of carbonyl (C=O) groups excluding carboxylic acids is 2. The fourth-order valence-electron chi connectivity index (χ4n) is 2.58. The summed E-state index contributed by atoms with van der Waals surface area (Å²) in [7, 11) is 0. The van der Waals surface area contributed by atoms with Gasteiger partial charge in [-0.1, -0.05) is 0 Å². The molecule has 2 heterocycles. The van der Waals surface area contributed by atoms with Gasteiger partial charge in [0.1, 0.15) is 0 Å². The van der Waals surface area contributed by atoms with Crippen molar-refractivity contribution < 1.29 is 14.3 Å². The fourth-order valence-corrected chi connectivity index (χ4v) is 2.58. The van der Waals surface area contributed by atoms with Crippen LogP contribution in [0.2, 0.25) is 0 Å². The van der Waals surface area contributed by atoms with E-state index in [1.54, 1.807) is 10.9 Å². The van der Waals surface area contributed by atoms with Crippen LogP contribution in [0.15, 0.2) is 12.4 Å². The van der Waals surface area contributed by atoms with Gasteiger partial charge in [0.2, 0.25) is 5.91 Å². The molecule has 1 aromatic heterocycles. The molecule has 1 aliphatic heterocycles. The third kappa shape index (κ3) is 2.69. The van der Waals surface area contributed by atoms with Gasteiger partial charge in [0.25, 0.3) is 0 Å². The van der Waals surface area contributed by atoms with Crippen molar-refractivity contribution in [3.8, 4) is 0 Å². The lowest BCUT2D eigenvalue weighted by Gasteiger charge is -2.15. The monoisotopic (exact) mass is 277 g/mol. The van der Waals surface area contributed by atoms with E-state index in [4.69, 9.17) is 4.74 Å². The highest BCUT2D eigenvalue weighted by Gasteiger charge is 2.39. The molecule has 2 fully saturated rings. The molecule has 0 bridgehead atoms. The summed E-state index contributed by atoms with van der Waals surface area (Å²) in [6.07, 6.45) is 5.93. The summed E-state index contributed by atoms with van der Waals surface area (Å²) in [6, 6.07) is 0.450.